The summed E-state index contributed by atoms with van der Waals surface area (Å²) in [6.45, 7) is 1.38. The minimum absolute atomic E-state index is 0.176. The first-order valence-electron chi connectivity index (χ1n) is 8.86. The zero-order valence-corrected chi connectivity index (χ0v) is 17.1. The van der Waals surface area contributed by atoms with Crippen molar-refractivity contribution in [3.05, 3.63) is 83.9 Å². The van der Waals surface area contributed by atoms with Gasteiger partial charge in [-0.3, -0.25) is 14.6 Å². The van der Waals surface area contributed by atoms with Crippen molar-refractivity contribution in [2.75, 3.05) is 11.6 Å². The lowest BCUT2D eigenvalue weighted by atomic mass is 10.2. The van der Waals surface area contributed by atoms with E-state index in [1.807, 2.05) is 6.07 Å². The summed E-state index contributed by atoms with van der Waals surface area (Å²) in [5.41, 5.74) is 1.76. The third-order valence-electron chi connectivity index (χ3n) is 3.83. The van der Waals surface area contributed by atoms with Crippen molar-refractivity contribution in [1.82, 2.24) is 9.97 Å². The molecule has 8 heteroatoms. The van der Waals surface area contributed by atoms with Crippen LogP contribution in [0, 0.1) is 11.8 Å². The Labute approximate surface area is 174 Å². The maximum absolute atomic E-state index is 13.0. The molecule has 1 N–H and O–H groups in total. The molecule has 7 nitrogen and oxygen atoms in total. The summed E-state index contributed by atoms with van der Waals surface area (Å²) < 4.78 is 17.0. The predicted molar refractivity (Wildman–Crippen MR) is 114 cm³/mol. The van der Waals surface area contributed by atoms with Crippen LogP contribution in [0.4, 0.5) is 5.69 Å². The fourth-order valence-electron chi connectivity index (χ4n) is 2.47. The summed E-state index contributed by atoms with van der Waals surface area (Å²) in [4.78, 5) is 32.3. The van der Waals surface area contributed by atoms with E-state index in [9.17, 15) is 13.8 Å². The van der Waals surface area contributed by atoms with E-state index in [2.05, 4.69) is 31.5 Å². The minimum atomic E-state index is -3.03. The molecule has 0 aliphatic heterocycles. The topological polar surface area (TPSA) is 101 Å². The highest BCUT2D eigenvalue weighted by Crippen LogP contribution is 2.18. The number of aromatic nitrogens is 2. The van der Waals surface area contributed by atoms with Gasteiger partial charge < -0.3 is 5.32 Å². The van der Waals surface area contributed by atoms with Gasteiger partial charge in [0.25, 0.3) is 5.91 Å². The SMILES string of the molecule is CC(=O)Nc1cccc(S(C)(=O)=NC(=O)c2cncc(C#Cc3ccccn3)c2)c1. The average molecular weight is 418 g/mol. The number of carbonyl (C=O) groups is 2. The molecule has 0 saturated carbocycles. The summed E-state index contributed by atoms with van der Waals surface area (Å²) in [5, 5.41) is 2.62. The number of hydrogen-bond donors (Lipinski definition) is 1. The molecule has 1 unspecified atom stereocenters. The molecule has 2 heterocycles. The molecule has 1 atom stereocenters. The number of amides is 2. The molecule has 30 heavy (non-hydrogen) atoms. The van der Waals surface area contributed by atoms with E-state index in [1.165, 1.54) is 37.7 Å². The molecule has 3 aromatic rings. The Morgan fingerprint density at radius 3 is 2.63 bits per heavy atom. The van der Waals surface area contributed by atoms with Crippen LogP contribution in [0.3, 0.4) is 0 Å². The summed E-state index contributed by atoms with van der Waals surface area (Å²) in [6, 6.07) is 13.4. The van der Waals surface area contributed by atoms with E-state index in [-0.39, 0.29) is 11.5 Å². The van der Waals surface area contributed by atoms with Gasteiger partial charge in [0.05, 0.1) is 15.3 Å². The molecule has 0 saturated heterocycles. The first-order chi connectivity index (χ1) is 14.3. The van der Waals surface area contributed by atoms with Gasteiger partial charge >= 0.3 is 0 Å². The minimum Gasteiger partial charge on any atom is -0.326 e. The molecule has 3 rings (SSSR count). The van der Waals surface area contributed by atoms with Crippen molar-refractivity contribution < 1.29 is 13.8 Å². The number of nitrogens with zero attached hydrogens (tertiary/aromatic N) is 3. The molecule has 0 fully saturated rings. The number of carbonyl (C=O) groups excluding carboxylic acids is 2. The van der Waals surface area contributed by atoms with E-state index < -0.39 is 15.6 Å². The van der Waals surface area contributed by atoms with Crippen LogP contribution in [0.25, 0.3) is 0 Å². The summed E-state index contributed by atoms with van der Waals surface area (Å²) in [5.74, 6) is 4.87. The third-order valence-corrected chi connectivity index (χ3v) is 5.48. The molecular weight excluding hydrogens is 400 g/mol. The molecule has 150 valence electrons. The lowest BCUT2D eigenvalue weighted by Crippen LogP contribution is -2.08. The van der Waals surface area contributed by atoms with Gasteiger partial charge in [0.1, 0.15) is 5.69 Å². The Morgan fingerprint density at radius 2 is 1.90 bits per heavy atom. The van der Waals surface area contributed by atoms with E-state index in [0.717, 1.165) is 0 Å². The van der Waals surface area contributed by atoms with Gasteiger partial charge in [-0.05, 0) is 42.3 Å². The van der Waals surface area contributed by atoms with Gasteiger partial charge in [0.2, 0.25) is 5.91 Å². The maximum Gasteiger partial charge on any atom is 0.286 e. The van der Waals surface area contributed by atoms with Crippen LogP contribution in [0.2, 0.25) is 0 Å². The van der Waals surface area contributed by atoms with Crippen molar-refractivity contribution in [3.8, 4) is 11.8 Å². The molecule has 0 spiro atoms. The highest BCUT2D eigenvalue weighted by molar-refractivity contribution is 7.93. The fraction of sp³-hybridized carbons (Fsp3) is 0.0909. The second-order valence-electron chi connectivity index (χ2n) is 6.34. The second kappa shape index (κ2) is 9.11. The molecule has 1 aromatic carbocycles. The number of pyridine rings is 2. The van der Waals surface area contributed by atoms with Crippen molar-refractivity contribution >= 4 is 27.2 Å². The van der Waals surface area contributed by atoms with E-state index in [1.54, 1.807) is 36.5 Å². The Bertz CT molecular complexity index is 1280. The van der Waals surface area contributed by atoms with Crippen LogP contribution in [-0.4, -0.2) is 32.2 Å². The molecular formula is C22H18N4O3S. The Kier molecular flexibility index (Phi) is 6.35. The van der Waals surface area contributed by atoms with E-state index >= 15 is 0 Å². The molecule has 0 aliphatic rings. The first-order valence-corrected chi connectivity index (χ1v) is 10.8. The molecule has 0 bridgehead atoms. The van der Waals surface area contributed by atoms with Crippen molar-refractivity contribution in [2.24, 2.45) is 4.36 Å². The fourth-order valence-corrected chi connectivity index (χ4v) is 3.68. The zero-order chi connectivity index (χ0) is 21.6. The summed E-state index contributed by atoms with van der Waals surface area (Å²) in [7, 11) is -3.03. The van der Waals surface area contributed by atoms with Gasteiger partial charge in [-0.1, -0.05) is 18.1 Å². The third kappa shape index (κ3) is 5.59. The number of nitrogens with one attached hydrogen (secondary N) is 1. The molecule has 2 amide bonds. The second-order valence-corrected chi connectivity index (χ2v) is 8.59. The molecule has 0 aliphatic carbocycles. The number of anilines is 1. The van der Waals surface area contributed by atoms with Crippen molar-refractivity contribution in [1.29, 1.82) is 0 Å². The lowest BCUT2D eigenvalue weighted by molar-refractivity contribution is -0.114. The standard InChI is InChI=1S/C22H18N4O3S/c1-16(27)25-20-7-5-8-21(13-20)30(2,29)26-22(28)18-12-17(14-23-15-18)9-10-19-6-3-4-11-24-19/h3-8,11-15H,1-2H3,(H,25,27). The van der Waals surface area contributed by atoms with E-state index in [0.29, 0.717) is 21.8 Å². The van der Waals surface area contributed by atoms with Crippen LogP contribution in [0.1, 0.15) is 28.5 Å². The Balaban J connectivity index is 1.88. The summed E-state index contributed by atoms with van der Waals surface area (Å²) in [6.07, 6.45) is 5.88. The van der Waals surface area contributed by atoms with Crippen LogP contribution >= 0.6 is 0 Å². The van der Waals surface area contributed by atoms with Gasteiger partial charge in [0.15, 0.2) is 0 Å². The van der Waals surface area contributed by atoms with Gasteiger partial charge in [-0.15, -0.1) is 0 Å². The Morgan fingerprint density at radius 1 is 1.07 bits per heavy atom. The quantitative estimate of drug-likeness (QED) is 0.659. The van der Waals surface area contributed by atoms with Crippen molar-refractivity contribution in [3.63, 3.8) is 0 Å². The molecule has 2 aromatic heterocycles. The normalized spacial score (nSPS) is 12.1. The summed E-state index contributed by atoms with van der Waals surface area (Å²) >= 11 is 0. The van der Waals surface area contributed by atoms with Gasteiger partial charge in [-0.25, -0.2) is 9.19 Å². The number of rotatable bonds is 3. The largest absolute Gasteiger partial charge is 0.326 e. The highest BCUT2D eigenvalue weighted by Gasteiger charge is 2.13. The monoisotopic (exact) mass is 418 g/mol. The highest BCUT2D eigenvalue weighted by atomic mass is 32.2. The zero-order valence-electron chi connectivity index (χ0n) is 16.3. The van der Waals surface area contributed by atoms with Gasteiger partial charge in [0, 0.05) is 47.9 Å². The maximum atomic E-state index is 13.0. The van der Waals surface area contributed by atoms with E-state index in [4.69, 9.17) is 0 Å². The number of benzene rings is 1. The Hall–Kier alpha value is -3.83. The van der Waals surface area contributed by atoms with Crippen LogP contribution in [0.15, 0.2) is 76.4 Å². The van der Waals surface area contributed by atoms with Crippen LogP contribution in [0.5, 0.6) is 0 Å². The predicted octanol–water partition coefficient (Wildman–Crippen LogP) is 3.13. The smallest absolute Gasteiger partial charge is 0.286 e. The first kappa shape index (κ1) is 20.9. The number of hydrogen-bond acceptors (Lipinski definition) is 5. The molecule has 0 radical (unpaired) electrons. The van der Waals surface area contributed by atoms with Crippen molar-refractivity contribution in [2.45, 2.75) is 11.8 Å². The van der Waals surface area contributed by atoms with Gasteiger partial charge in [-0.2, -0.15) is 4.36 Å². The van der Waals surface area contributed by atoms with Crippen LogP contribution < -0.4 is 5.32 Å². The lowest BCUT2D eigenvalue weighted by Gasteiger charge is -2.07. The average Bonchev–Trinajstić information content (AvgIpc) is 2.73. The van der Waals surface area contributed by atoms with Crippen LogP contribution in [-0.2, 0) is 14.5 Å².